The van der Waals surface area contributed by atoms with Crippen LogP contribution in [0.15, 0.2) is 108 Å². The third-order valence-corrected chi connectivity index (χ3v) is 8.70. The van der Waals surface area contributed by atoms with Crippen LogP contribution < -0.4 is 10.2 Å². The monoisotopic (exact) mass is 575 g/mol. The van der Waals surface area contributed by atoms with E-state index < -0.39 is 23.4 Å². The van der Waals surface area contributed by atoms with Gasteiger partial charge >= 0.3 is 0 Å². The van der Waals surface area contributed by atoms with E-state index in [9.17, 15) is 14.4 Å². The van der Waals surface area contributed by atoms with Gasteiger partial charge in [-0.25, -0.2) is 0 Å². The van der Waals surface area contributed by atoms with Gasteiger partial charge in [0, 0.05) is 39.4 Å². The molecule has 1 fully saturated rings. The lowest BCUT2D eigenvalue weighted by molar-refractivity contribution is -0.121. The van der Waals surface area contributed by atoms with Crippen molar-refractivity contribution < 1.29 is 14.4 Å². The summed E-state index contributed by atoms with van der Waals surface area (Å²) in [7, 11) is 0. The Hall–Kier alpha value is -4.36. The Morgan fingerprint density at radius 2 is 1.64 bits per heavy atom. The Morgan fingerprint density at radius 3 is 2.44 bits per heavy atom. The van der Waals surface area contributed by atoms with E-state index in [0.29, 0.717) is 16.8 Å². The lowest BCUT2D eigenvalue weighted by Gasteiger charge is -2.37. The maximum Gasteiger partial charge on any atom is 0.238 e. The summed E-state index contributed by atoms with van der Waals surface area (Å²) in [5.41, 5.74) is 2.64. The topological polar surface area (TPSA) is 79.4 Å². The number of anilines is 2. The van der Waals surface area contributed by atoms with E-state index in [1.165, 1.54) is 6.20 Å². The number of benzene rings is 3. The van der Waals surface area contributed by atoms with E-state index in [0.717, 1.165) is 21.3 Å². The van der Waals surface area contributed by atoms with Crippen LogP contribution in [-0.4, -0.2) is 34.5 Å². The van der Waals surface area contributed by atoms with Crippen molar-refractivity contribution in [1.29, 1.82) is 0 Å². The Balaban J connectivity index is 1.54. The predicted molar refractivity (Wildman–Crippen MR) is 153 cm³/mol. The average molecular weight is 576 g/mol. The number of Topliss-reactive ketones (excluding diaryl/α,β-unsaturated/α-hetero) is 2. The molecule has 0 saturated carbocycles. The molecule has 190 valence electrons. The van der Waals surface area contributed by atoms with E-state index in [1.54, 1.807) is 30.5 Å². The standard InChI is InChI=1S/C32H22BrN3O3/c33-22-14-11-20(12-15-22)30(38)28-27(29(37)21-7-5-17-34-18-21)32(23-8-2-3-9-24(23)35-31(32)39)26-16-13-19-6-1-4-10-25(19)36(26)28/h1-18,26-28H,(H,35,39)/t26-,27-,28+,32+/m1/s1. The number of rotatable bonds is 4. The molecular formula is C32H22BrN3O3. The van der Waals surface area contributed by atoms with Crippen molar-refractivity contribution in [2.75, 3.05) is 10.2 Å². The molecule has 7 heteroatoms. The lowest BCUT2D eigenvalue weighted by Crippen LogP contribution is -2.51. The molecule has 0 unspecified atom stereocenters. The van der Waals surface area contributed by atoms with E-state index in [-0.39, 0.29) is 17.5 Å². The van der Waals surface area contributed by atoms with Crippen LogP contribution in [0.5, 0.6) is 0 Å². The van der Waals surface area contributed by atoms with Crippen molar-refractivity contribution in [2.24, 2.45) is 5.92 Å². The molecule has 6 nitrogen and oxygen atoms in total. The van der Waals surface area contributed by atoms with Crippen molar-refractivity contribution in [3.05, 3.63) is 130 Å². The SMILES string of the molecule is O=C(c1ccc(Br)cc1)[C@@H]1[C@H](C(=O)c2cccnc2)[C@@]2(C(=O)Nc3ccccc32)[C@H]2C=Cc3ccccc3N12. The molecule has 1 spiro atoms. The maximum absolute atomic E-state index is 14.6. The molecular weight excluding hydrogens is 554 g/mol. The smallest absolute Gasteiger partial charge is 0.238 e. The summed E-state index contributed by atoms with van der Waals surface area (Å²) >= 11 is 3.45. The second-order valence-electron chi connectivity index (χ2n) is 10.0. The predicted octanol–water partition coefficient (Wildman–Crippen LogP) is 5.70. The number of hydrogen-bond acceptors (Lipinski definition) is 5. The van der Waals surface area contributed by atoms with Crippen molar-refractivity contribution in [2.45, 2.75) is 17.5 Å². The summed E-state index contributed by atoms with van der Waals surface area (Å²) in [6.45, 7) is 0. The lowest BCUT2D eigenvalue weighted by atomic mass is 9.64. The van der Waals surface area contributed by atoms with Crippen LogP contribution in [0, 0.1) is 5.92 Å². The zero-order chi connectivity index (χ0) is 26.7. The molecule has 3 aromatic carbocycles. The summed E-state index contributed by atoms with van der Waals surface area (Å²) in [6.07, 6.45) is 7.08. The third kappa shape index (κ3) is 3.32. The summed E-state index contributed by atoms with van der Waals surface area (Å²) in [6, 6.07) is 24.3. The number of halogens is 1. The average Bonchev–Trinajstić information content (AvgIpc) is 3.45. The van der Waals surface area contributed by atoms with Crippen LogP contribution in [0.25, 0.3) is 6.08 Å². The molecule has 0 aliphatic carbocycles. The molecule has 1 aromatic heterocycles. The summed E-state index contributed by atoms with van der Waals surface area (Å²) in [5, 5.41) is 3.05. The Bertz CT molecular complexity index is 1680. The quantitative estimate of drug-likeness (QED) is 0.316. The van der Waals surface area contributed by atoms with E-state index in [1.807, 2.05) is 77.7 Å². The van der Waals surface area contributed by atoms with E-state index >= 15 is 0 Å². The number of nitrogens with zero attached hydrogens (tertiary/aromatic N) is 2. The number of amides is 1. The number of ketones is 2. The Morgan fingerprint density at radius 1 is 0.872 bits per heavy atom. The van der Waals surface area contributed by atoms with Crippen molar-refractivity contribution in [3.63, 3.8) is 0 Å². The molecule has 1 N–H and O–H groups in total. The molecule has 0 bridgehead atoms. The molecule has 3 aliphatic rings. The van der Waals surface area contributed by atoms with Gasteiger partial charge in [-0.1, -0.05) is 76.6 Å². The largest absolute Gasteiger partial charge is 0.352 e. The third-order valence-electron chi connectivity index (χ3n) is 8.17. The van der Waals surface area contributed by atoms with Gasteiger partial charge in [-0.3, -0.25) is 19.4 Å². The number of carbonyl (C=O) groups is 3. The van der Waals surface area contributed by atoms with Crippen molar-refractivity contribution in [3.8, 4) is 0 Å². The van der Waals surface area contributed by atoms with Gasteiger partial charge in [-0.15, -0.1) is 0 Å². The fraction of sp³-hybridized carbons (Fsp3) is 0.125. The highest BCUT2D eigenvalue weighted by Gasteiger charge is 2.70. The number of hydrogen-bond donors (Lipinski definition) is 1. The number of nitrogens with one attached hydrogen (secondary N) is 1. The van der Waals surface area contributed by atoms with E-state index in [4.69, 9.17) is 0 Å². The highest BCUT2D eigenvalue weighted by molar-refractivity contribution is 9.10. The number of aromatic nitrogens is 1. The summed E-state index contributed by atoms with van der Waals surface area (Å²) < 4.78 is 0.846. The summed E-state index contributed by atoms with van der Waals surface area (Å²) in [5.74, 6) is -1.79. The molecule has 4 atom stereocenters. The van der Waals surface area contributed by atoms with Crippen LogP contribution in [0.3, 0.4) is 0 Å². The normalized spacial score (nSPS) is 24.2. The van der Waals surface area contributed by atoms with Gasteiger partial charge in [-0.05, 0) is 47.5 Å². The molecule has 3 aliphatic heterocycles. The molecule has 4 heterocycles. The van der Waals surface area contributed by atoms with Gasteiger partial charge < -0.3 is 10.2 Å². The van der Waals surface area contributed by atoms with Crippen molar-refractivity contribution in [1.82, 2.24) is 4.98 Å². The minimum atomic E-state index is -1.33. The van der Waals surface area contributed by atoms with E-state index in [2.05, 4.69) is 26.2 Å². The van der Waals surface area contributed by atoms with Crippen LogP contribution in [0.2, 0.25) is 0 Å². The van der Waals surface area contributed by atoms with Gasteiger partial charge in [-0.2, -0.15) is 0 Å². The fourth-order valence-corrected chi connectivity index (χ4v) is 6.86. The van der Waals surface area contributed by atoms with Crippen LogP contribution in [-0.2, 0) is 10.2 Å². The number of carbonyl (C=O) groups excluding carboxylic acids is 3. The molecule has 1 saturated heterocycles. The van der Waals surface area contributed by atoms with Crippen LogP contribution in [0.4, 0.5) is 11.4 Å². The van der Waals surface area contributed by atoms with Gasteiger partial charge in [0.2, 0.25) is 5.91 Å². The second kappa shape index (κ2) is 8.85. The first kappa shape index (κ1) is 23.7. The Kier molecular flexibility index (Phi) is 5.39. The Labute approximate surface area is 233 Å². The minimum Gasteiger partial charge on any atom is -0.352 e. The first-order valence-electron chi connectivity index (χ1n) is 12.7. The highest BCUT2D eigenvalue weighted by Crippen LogP contribution is 2.58. The summed E-state index contributed by atoms with van der Waals surface area (Å²) in [4.78, 5) is 49.6. The van der Waals surface area contributed by atoms with Gasteiger partial charge in [0.15, 0.2) is 11.6 Å². The van der Waals surface area contributed by atoms with Gasteiger partial charge in [0.25, 0.3) is 0 Å². The number of para-hydroxylation sites is 2. The number of fused-ring (bicyclic) bond motifs is 6. The first-order chi connectivity index (χ1) is 19.0. The van der Waals surface area contributed by atoms with Crippen molar-refractivity contribution >= 4 is 50.9 Å². The van der Waals surface area contributed by atoms with Gasteiger partial charge in [0.05, 0.1) is 12.0 Å². The molecule has 7 rings (SSSR count). The fourth-order valence-electron chi connectivity index (χ4n) is 6.59. The zero-order valence-corrected chi connectivity index (χ0v) is 22.2. The molecule has 39 heavy (non-hydrogen) atoms. The van der Waals surface area contributed by atoms with Crippen LogP contribution in [0.1, 0.15) is 31.8 Å². The molecule has 0 radical (unpaired) electrons. The van der Waals surface area contributed by atoms with Crippen LogP contribution >= 0.6 is 15.9 Å². The minimum absolute atomic E-state index is 0.214. The molecule has 1 amide bonds. The maximum atomic E-state index is 14.6. The first-order valence-corrected chi connectivity index (χ1v) is 13.5. The zero-order valence-electron chi connectivity index (χ0n) is 20.6. The number of pyridine rings is 1. The second-order valence-corrected chi connectivity index (χ2v) is 11.0. The van der Waals surface area contributed by atoms with Gasteiger partial charge in [0.1, 0.15) is 11.5 Å². The molecule has 4 aromatic rings. The highest BCUT2D eigenvalue weighted by atomic mass is 79.9.